The number of hydrogen-bond donors (Lipinski definition) is 0. The third kappa shape index (κ3) is 5.16. The predicted molar refractivity (Wildman–Crippen MR) is 132 cm³/mol. The topological polar surface area (TPSA) is 64.4 Å². The van der Waals surface area contributed by atoms with Gasteiger partial charge >= 0.3 is 6.18 Å². The SMILES string of the molecule is O=C1S/C(=C\c2ccc3c(cnn3Cc3ccc(Cl)cc3C(F)(F)F)c2)C(=O)N1C[C@H]1CCCOC1. The zero-order valence-corrected chi connectivity index (χ0v) is 20.5. The minimum Gasteiger partial charge on any atom is -0.381 e. The van der Waals surface area contributed by atoms with Gasteiger partial charge in [-0.2, -0.15) is 18.3 Å². The number of carbonyl (C=O) groups excluding carboxylic acids is 2. The van der Waals surface area contributed by atoms with Gasteiger partial charge in [0, 0.05) is 29.5 Å². The van der Waals surface area contributed by atoms with Crippen LogP contribution in [0.1, 0.15) is 29.5 Å². The Bertz CT molecular complexity index is 1370. The van der Waals surface area contributed by atoms with Crippen molar-refractivity contribution in [3.63, 3.8) is 0 Å². The number of aromatic nitrogens is 2. The van der Waals surface area contributed by atoms with Crippen molar-refractivity contribution in [3.05, 3.63) is 69.2 Å². The molecule has 2 saturated heterocycles. The molecule has 36 heavy (non-hydrogen) atoms. The highest BCUT2D eigenvalue weighted by Gasteiger charge is 2.37. The lowest BCUT2D eigenvalue weighted by atomic mass is 10.0. The van der Waals surface area contributed by atoms with E-state index in [1.807, 2.05) is 0 Å². The van der Waals surface area contributed by atoms with Crippen molar-refractivity contribution < 1.29 is 27.5 Å². The second-order valence-electron chi connectivity index (χ2n) is 8.80. The molecule has 5 rings (SSSR count). The maximum absolute atomic E-state index is 13.5. The van der Waals surface area contributed by atoms with Crippen LogP contribution in [0, 0.1) is 5.92 Å². The number of fused-ring (bicyclic) bond motifs is 1. The van der Waals surface area contributed by atoms with E-state index in [4.69, 9.17) is 16.3 Å². The van der Waals surface area contributed by atoms with Gasteiger partial charge in [0.15, 0.2) is 0 Å². The summed E-state index contributed by atoms with van der Waals surface area (Å²) >= 11 is 6.68. The molecule has 11 heteroatoms. The number of carbonyl (C=O) groups is 2. The van der Waals surface area contributed by atoms with Crippen molar-refractivity contribution in [2.45, 2.75) is 25.6 Å². The van der Waals surface area contributed by atoms with Gasteiger partial charge in [0.1, 0.15) is 0 Å². The first-order chi connectivity index (χ1) is 17.2. The van der Waals surface area contributed by atoms with E-state index in [0.717, 1.165) is 30.7 Å². The van der Waals surface area contributed by atoms with Crippen molar-refractivity contribution in [2.75, 3.05) is 19.8 Å². The Morgan fingerprint density at radius 3 is 2.78 bits per heavy atom. The van der Waals surface area contributed by atoms with Crippen molar-refractivity contribution >= 4 is 51.5 Å². The average Bonchev–Trinajstić information content (AvgIpc) is 3.35. The summed E-state index contributed by atoms with van der Waals surface area (Å²) in [6.45, 7) is 1.51. The Balaban J connectivity index is 1.36. The number of amides is 2. The number of rotatable bonds is 5. The molecule has 3 aromatic rings. The third-order valence-corrected chi connectivity index (χ3v) is 7.37. The highest BCUT2D eigenvalue weighted by Crippen LogP contribution is 2.36. The zero-order valence-electron chi connectivity index (χ0n) is 18.9. The first-order valence-electron chi connectivity index (χ1n) is 11.3. The Morgan fingerprint density at radius 1 is 1.19 bits per heavy atom. The van der Waals surface area contributed by atoms with Crippen molar-refractivity contribution in [1.82, 2.24) is 14.7 Å². The fourth-order valence-corrected chi connectivity index (χ4v) is 5.47. The largest absolute Gasteiger partial charge is 0.416 e. The average molecular weight is 536 g/mol. The van der Waals surface area contributed by atoms with Crippen LogP contribution in [-0.4, -0.2) is 45.6 Å². The molecule has 0 spiro atoms. The minimum atomic E-state index is -4.54. The standard InChI is InChI=1S/C25H21ClF3N3O3S/c26-19-5-4-17(20(10-19)25(27,28)29)13-32-21-6-3-15(8-18(21)11-30-32)9-22-23(33)31(24(34)36-22)12-16-2-1-7-35-14-16/h3-6,8-11,16H,1-2,7,12-14H2/b22-9-/t16-/m1/s1. The molecule has 0 unspecified atom stereocenters. The highest BCUT2D eigenvalue weighted by atomic mass is 35.5. The van der Waals surface area contributed by atoms with E-state index in [9.17, 15) is 22.8 Å². The Kier molecular flexibility index (Phi) is 6.84. The second-order valence-corrected chi connectivity index (χ2v) is 10.2. The molecule has 0 bridgehead atoms. The number of hydrogen-bond acceptors (Lipinski definition) is 5. The maximum Gasteiger partial charge on any atom is 0.416 e. The van der Waals surface area contributed by atoms with Gasteiger partial charge in [0.2, 0.25) is 0 Å². The lowest BCUT2D eigenvalue weighted by Crippen LogP contribution is -2.36. The molecule has 3 heterocycles. The summed E-state index contributed by atoms with van der Waals surface area (Å²) in [7, 11) is 0. The summed E-state index contributed by atoms with van der Waals surface area (Å²) in [5, 5.41) is 4.68. The fraction of sp³-hybridized carbons (Fsp3) is 0.320. The molecule has 1 aromatic heterocycles. The van der Waals surface area contributed by atoms with Crippen LogP contribution in [-0.2, 0) is 22.3 Å². The van der Waals surface area contributed by atoms with Crippen molar-refractivity contribution in [2.24, 2.45) is 5.92 Å². The third-order valence-electron chi connectivity index (χ3n) is 6.23. The molecule has 1 atom stereocenters. The van der Waals surface area contributed by atoms with E-state index in [-0.39, 0.29) is 34.2 Å². The van der Waals surface area contributed by atoms with Crippen LogP contribution in [0.5, 0.6) is 0 Å². The molecular weight excluding hydrogens is 515 g/mol. The summed E-state index contributed by atoms with van der Waals surface area (Å²) in [4.78, 5) is 26.9. The number of thioether (sulfide) groups is 1. The number of ether oxygens (including phenoxy) is 1. The number of halogens is 4. The summed E-state index contributed by atoms with van der Waals surface area (Å²) in [5.74, 6) is -0.180. The van der Waals surface area contributed by atoms with Gasteiger partial charge in [0.05, 0.1) is 35.3 Å². The molecule has 0 saturated carbocycles. The van der Waals surface area contributed by atoms with E-state index >= 15 is 0 Å². The molecule has 0 aliphatic carbocycles. The molecule has 2 aliphatic rings. The van der Waals surface area contributed by atoms with Crippen LogP contribution < -0.4 is 0 Å². The van der Waals surface area contributed by atoms with Gasteiger partial charge < -0.3 is 4.74 Å². The Morgan fingerprint density at radius 2 is 2.03 bits per heavy atom. The number of alkyl halides is 3. The van der Waals surface area contributed by atoms with E-state index in [2.05, 4.69) is 5.10 Å². The monoisotopic (exact) mass is 535 g/mol. The summed E-state index contributed by atoms with van der Waals surface area (Å²) in [6.07, 6.45) is 0.510. The van der Waals surface area contributed by atoms with Crippen LogP contribution >= 0.6 is 23.4 Å². The number of nitrogens with zero attached hydrogens (tertiary/aromatic N) is 3. The predicted octanol–water partition coefficient (Wildman–Crippen LogP) is 6.22. The van der Waals surface area contributed by atoms with Crippen LogP contribution in [0.15, 0.2) is 47.5 Å². The van der Waals surface area contributed by atoms with E-state index in [1.165, 1.54) is 21.7 Å². The van der Waals surface area contributed by atoms with Crippen molar-refractivity contribution in [3.8, 4) is 0 Å². The highest BCUT2D eigenvalue weighted by molar-refractivity contribution is 8.18. The molecule has 0 radical (unpaired) electrons. The molecule has 2 aromatic carbocycles. The van der Waals surface area contributed by atoms with Crippen LogP contribution in [0.2, 0.25) is 5.02 Å². The maximum atomic E-state index is 13.5. The number of benzene rings is 2. The summed E-state index contributed by atoms with van der Waals surface area (Å²) in [5.41, 5.74) is 0.584. The van der Waals surface area contributed by atoms with E-state index < -0.39 is 11.7 Å². The van der Waals surface area contributed by atoms with E-state index in [1.54, 1.807) is 30.5 Å². The second kappa shape index (κ2) is 9.91. The van der Waals surface area contributed by atoms with Crippen LogP contribution in [0.25, 0.3) is 17.0 Å². The molecule has 6 nitrogen and oxygen atoms in total. The fourth-order valence-electron chi connectivity index (χ4n) is 4.45. The number of imide groups is 1. The van der Waals surface area contributed by atoms with E-state index in [0.29, 0.717) is 41.1 Å². The smallest absolute Gasteiger partial charge is 0.381 e. The lowest BCUT2D eigenvalue weighted by Gasteiger charge is -2.25. The molecule has 0 N–H and O–H groups in total. The van der Waals surface area contributed by atoms with Gasteiger partial charge in [-0.15, -0.1) is 0 Å². The first kappa shape index (κ1) is 24.9. The van der Waals surface area contributed by atoms with Crippen LogP contribution in [0.3, 0.4) is 0 Å². The van der Waals surface area contributed by atoms with Crippen LogP contribution in [0.4, 0.5) is 18.0 Å². The zero-order chi connectivity index (χ0) is 25.4. The van der Waals surface area contributed by atoms with Gasteiger partial charge in [0.25, 0.3) is 11.1 Å². The molecule has 2 aliphatic heterocycles. The molecule has 2 fully saturated rings. The first-order valence-corrected chi connectivity index (χ1v) is 12.5. The van der Waals surface area contributed by atoms with Gasteiger partial charge in [-0.1, -0.05) is 23.7 Å². The van der Waals surface area contributed by atoms with Crippen molar-refractivity contribution in [1.29, 1.82) is 0 Å². The molecule has 2 amide bonds. The minimum absolute atomic E-state index is 0.0116. The Labute approximate surface area is 214 Å². The lowest BCUT2D eigenvalue weighted by molar-refractivity contribution is -0.138. The summed E-state index contributed by atoms with van der Waals surface area (Å²) < 4.78 is 47.4. The van der Waals surface area contributed by atoms with Gasteiger partial charge in [-0.25, -0.2) is 0 Å². The summed E-state index contributed by atoms with van der Waals surface area (Å²) in [6, 6.07) is 8.95. The molecular formula is C25H21ClF3N3O3S. The van der Waals surface area contributed by atoms with Gasteiger partial charge in [-0.3, -0.25) is 19.2 Å². The quantitative estimate of drug-likeness (QED) is 0.363. The van der Waals surface area contributed by atoms with Gasteiger partial charge in [-0.05, 0) is 66.1 Å². The molecule has 188 valence electrons. The Hall–Kier alpha value is -2.82. The normalized spacial score (nSPS) is 20.2.